The molecule has 2 aliphatic rings. The van der Waals surface area contributed by atoms with Crippen molar-refractivity contribution in [1.82, 2.24) is 10.2 Å². The van der Waals surface area contributed by atoms with Crippen LogP contribution in [0.3, 0.4) is 0 Å². The van der Waals surface area contributed by atoms with Crippen molar-refractivity contribution >= 4 is 0 Å². The highest BCUT2D eigenvalue weighted by atomic mass is 15.1. The molecule has 2 heterocycles. The van der Waals surface area contributed by atoms with Crippen LogP contribution in [0, 0.1) is 5.92 Å². The fourth-order valence-corrected chi connectivity index (χ4v) is 3.81. The number of piperidine rings is 1. The van der Waals surface area contributed by atoms with Gasteiger partial charge in [0.05, 0.1) is 0 Å². The van der Waals surface area contributed by atoms with E-state index in [4.69, 9.17) is 0 Å². The average Bonchev–Trinajstić information content (AvgIpc) is 2.78. The van der Waals surface area contributed by atoms with Crippen LogP contribution in [-0.2, 0) is 6.54 Å². The van der Waals surface area contributed by atoms with Crippen molar-refractivity contribution in [2.24, 2.45) is 5.92 Å². The second kappa shape index (κ2) is 7.24. The normalized spacial score (nSPS) is 26.3. The van der Waals surface area contributed by atoms with Crippen molar-refractivity contribution in [3.63, 3.8) is 0 Å². The molecule has 110 valence electrons. The Labute approximate surface area is 123 Å². The Bertz CT molecular complexity index is 374. The zero-order chi connectivity index (χ0) is 13.6. The number of nitrogens with one attached hydrogen (secondary N) is 1. The molecule has 1 atom stereocenters. The van der Waals surface area contributed by atoms with Crippen LogP contribution in [0.1, 0.15) is 44.1 Å². The Morgan fingerprint density at radius 3 is 2.55 bits per heavy atom. The molecular formula is C18H28N2. The number of rotatable bonds is 3. The molecule has 0 saturated carbocycles. The molecule has 0 spiro atoms. The molecule has 0 amide bonds. The standard InChI is InChI=1S/C18H28N2/c1-3-7-16(8-4-1)15-20-13-10-17(11-14-20)18-9-5-2-6-12-19-18/h1,3-4,7-8,17-19H,2,5-6,9-15H2/t18-/m0/s1. The molecular weight excluding hydrogens is 244 g/mol. The first-order valence-corrected chi connectivity index (χ1v) is 8.41. The highest BCUT2D eigenvalue weighted by Gasteiger charge is 2.26. The van der Waals surface area contributed by atoms with Crippen molar-refractivity contribution in [2.75, 3.05) is 19.6 Å². The third-order valence-corrected chi connectivity index (χ3v) is 5.05. The lowest BCUT2D eigenvalue weighted by molar-refractivity contribution is 0.151. The lowest BCUT2D eigenvalue weighted by atomic mass is 9.87. The van der Waals surface area contributed by atoms with Crippen LogP contribution in [0.15, 0.2) is 30.3 Å². The first-order chi connectivity index (χ1) is 9.92. The van der Waals surface area contributed by atoms with E-state index in [1.165, 1.54) is 63.7 Å². The van der Waals surface area contributed by atoms with Gasteiger partial charge in [0, 0.05) is 12.6 Å². The van der Waals surface area contributed by atoms with Gasteiger partial charge < -0.3 is 5.32 Å². The summed E-state index contributed by atoms with van der Waals surface area (Å²) in [5.74, 6) is 0.917. The molecule has 2 saturated heterocycles. The van der Waals surface area contributed by atoms with Crippen molar-refractivity contribution in [1.29, 1.82) is 0 Å². The van der Waals surface area contributed by atoms with Gasteiger partial charge in [-0.1, -0.05) is 43.2 Å². The first kappa shape index (κ1) is 14.1. The van der Waals surface area contributed by atoms with E-state index in [9.17, 15) is 0 Å². The summed E-state index contributed by atoms with van der Waals surface area (Å²) in [6, 6.07) is 11.7. The molecule has 3 rings (SSSR count). The lowest BCUT2D eigenvalue weighted by Crippen LogP contribution is -2.42. The minimum atomic E-state index is 0.802. The molecule has 0 aliphatic carbocycles. The van der Waals surface area contributed by atoms with Gasteiger partial charge in [-0.15, -0.1) is 0 Å². The number of benzene rings is 1. The summed E-state index contributed by atoms with van der Waals surface area (Å²) in [6.45, 7) is 4.93. The van der Waals surface area contributed by atoms with Crippen LogP contribution < -0.4 is 5.32 Å². The number of hydrogen-bond donors (Lipinski definition) is 1. The topological polar surface area (TPSA) is 15.3 Å². The minimum Gasteiger partial charge on any atom is -0.314 e. The molecule has 0 bridgehead atoms. The lowest BCUT2D eigenvalue weighted by Gasteiger charge is -2.36. The van der Waals surface area contributed by atoms with Gasteiger partial charge in [0.1, 0.15) is 0 Å². The zero-order valence-electron chi connectivity index (χ0n) is 12.6. The van der Waals surface area contributed by atoms with Crippen LogP contribution in [0.2, 0.25) is 0 Å². The van der Waals surface area contributed by atoms with E-state index in [0.29, 0.717) is 0 Å². The molecule has 2 aliphatic heterocycles. The van der Waals surface area contributed by atoms with Crippen molar-refractivity contribution in [3.8, 4) is 0 Å². The number of nitrogens with zero attached hydrogens (tertiary/aromatic N) is 1. The predicted octanol–water partition coefficient (Wildman–Crippen LogP) is 3.43. The summed E-state index contributed by atoms with van der Waals surface area (Å²) in [5.41, 5.74) is 1.46. The molecule has 2 fully saturated rings. The van der Waals surface area contributed by atoms with Gasteiger partial charge in [0.25, 0.3) is 0 Å². The maximum atomic E-state index is 3.80. The fraction of sp³-hybridized carbons (Fsp3) is 0.667. The second-order valence-corrected chi connectivity index (χ2v) is 6.51. The van der Waals surface area contributed by atoms with Gasteiger partial charge in [0.15, 0.2) is 0 Å². The molecule has 0 aromatic heterocycles. The van der Waals surface area contributed by atoms with Gasteiger partial charge >= 0.3 is 0 Å². The van der Waals surface area contributed by atoms with Crippen LogP contribution in [0.4, 0.5) is 0 Å². The summed E-state index contributed by atoms with van der Waals surface area (Å²) < 4.78 is 0. The van der Waals surface area contributed by atoms with Gasteiger partial charge in [-0.2, -0.15) is 0 Å². The zero-order valence-corrected chi connectivity index (χ0v) is 12.6. The molecule has 1 aromatic carbocycles. The quantitative estimate of drug-likeness (QED) is 0.907. The molecule has 2 heteroatoms. The van der Waals surface area contributed by atoms with E-state index in [0.717, 1.165) is 18.5 Å². The van der Waals surface area contributed by atoms with Crippen molar-refractivity contribution in [3.05, 3.63) is 35.9 Å². The smallest absolute Gasteiger partial charge is 0.0233 e. The van der Waals surface area contributed by atoms with E-state index in [1.807, 2.05) is 0 Å². The summed E-state index contributed by atoms with van der Waals surface area (Å²) >= 11 is 0. The minimum absolute atomic E-state index is 0.802. The highest BCUT2D eigenvalue weighted by molar-refractivity contribution is 5.14. The molecule has 0 unspecified atom stereocenters. The number of hydrogen-bond acceptors (Lipinski definition) is 2. The Kier molecular flexibility index (Phi) is 5.10. The van der Waals surface area contributed by atoms with Gasteiger partial charge in [0.2, 0.25) is 0 Å². The van der Waals surface area contributed by atoms with Crippen molar-refractivity contribution < 1.29 is 0 Å². The van der Waals surface area contributed by atoms with E-state index in [1.54, 1.807) is 0 Å². The molecule has 1 N–H and O–H groups in total. The maximum absolute atomic E-state index is 3.80. The Balaban J connectivity index is 1.46. The third-order valence-electron chi connectivity index (χ3n) is 5.05. The molecule has 20 heavy (non-hydrogen) atoms. The van der Waals surface area contributed by atoms with Crippen LogP contribution in [0.25, 0.3) is 0 Å². The highest BCUT2D eigenvalue weighted by Crippen LogP contribution is 2.26. The first-order valence-electron chi connectivity index (χ1n) is 8.41. The van der Waals surface area contributed by atoms with E-state index < -0.39 is 0 Å². The van der Waals surface area contributed by atoms with Crippen molar-refractivity contribution in [2.45, 2.75) is 51.1 Å². The SMILES string of the molecule is c1ccc(CN2CCC([C@@H]3CCCCCN3)CC2)cc1. The predicted molar refractivity (Wildman–Crippen MR) is 84.7 cm³/mol. The van der Waals surface area contributed by atoms with Gasteiger partial charge in [-0.3, -0.25) is 4.90 Å². The molecule has 0 radical (unpaired) electrons. The summed E-state index contributed by atoms with van der Waals surface area (Å²) in [7, 11) is 0. The van der Waals surface area contributed by atoms with E-state index >= 15 is 0 Å². The average molecular weight is 272 g/mol. The fourth-order valence-electron chi connectivity index (χ4n) is 3.81. The Hall–Kier alpha value is -0.860. The largest absolute Gasteiger partial charge is 0.314 e. The molecule has 1 aromatic rings. The third kappa shape index (κ3) is 3.83. The van der Waals surface area contributed by atoms with E-state index in [2.05, 4.69) is 40.5 Å². The summed E-state index contributed by atoms with van der Waals surface area (Å²) in [4.78, 5) is 2.63. The van der Waals surface area contributed by atoms with Crippen LogP contribution in [0.5, 0.6) is 0 Å². The Morgan fingerprint density at radius 1 is 0.950 bits per heavy atom. The molecule has 2 nitrogen and oxygen atoms in total. The monoisotopic (exact) mass is 272 g/mol. The van der Waals surface area contributed by atoms with Gasteiger partial charge in [-0.25, -0.2) is 0 Å². The maximum Gasteiger partial charge on any atom is 0.0233 e. The number of likely N-dealkylation sites (tertiary alicyclic amines) is 1. The van der Waals surface area contributed by atoms with Crippen LogP contribution in [-0.4, -0.2) is 30.6 Å². The van der Waals surface area contributed by atoms with Crippen LogP contribution >= 0.6 is 0 Å². The summed E-state index contributed by atoms with van der Waals surface area (Å²) in [6.07, 6.45) is 8.40. The second-order valence-electron chi connectivity index (χ2n) is 6.51. The van der Waals surface area contributed by atoms with Gasteiger partial charge in [-0.05, 0) is 56.8 Å². The van der Waals surface area contributed by atoms with E-state index in [-0.39, 0.29) is 0 Å². The Morgan fingerprint density at radius 2 is 1.75 bits per heavy atom. The summed E-state index contributed by atoms with van der Waals surface area (Å²) in [5, 5.41) is 3.80.